The molecule has 2 amide bonds. The van der Waals surface area contributed by atoms with E-state index in [9.17, 15) is 14.4 Å². The number of hydrogen-bond donors (Lipinski definition) is 0. The lowest BCUT2D eigenvalue weighted by Crippen LogP contribution is -2.44. The van der Waals surface area contributed by atoms with E-state index in [1.54, 1.807) is 39.8 Å². The Balaban J connectivity index is 2.88. The second kappa shape index (κ2) is 10.2. The van der Waals surface area contributed by atoms with Crippen molar-refractivity contribution in [1.82, 2.24) is 9.80 Å². The molecule has 0 aromatic heterocycles. The van der Waals surface area contributed by atoms with Gasteiger partial charge in [0.25, 0.3) is 0 Å². The van der Waals surface area contributed by atoms with E-state index < -0.39 is 29.4 Å². The molecule has 1 aliphatic rings. The van der Waals surface area contributed by atoms with Crippen LogP contribution in [0.5, 0.6) is 0 Å². The van der Waals surface area contributed by atoms with Gasteiger partial charge in [-0.05, 0) is 53.5 Å². The van der Waals surface area contributed by atoms with Gasteiger partial charge in [0, 0.05) is 38.5 Å². The molecule has 1 heterocycles. The van der Waals surface area contributed by atoms with Gasteiger partial charge in [0.05, 0.1) is 0 Å². The number of nitrogens with zero attached hydrogens (tertiary/aromatic N) is 2. The first-order chi connectivity index (χ1) is 13.2. The van der Waals surface area contributed by atoms with Gasteiger partial charge >= 0.3 is 18.2 Å². The topological polar surface area (TPSA) is 85.4 Å². The van der Waals surface area contributed by atoms with Crippen LogP contribution in [0.4, 0.5) is 9.59 Å². The first-order valence-corrected chi connectivity index (χ1v) is 10.6. The summed E-state index contributed by atoms with van der Waals surface area (Å²) >= 11 is 1.41. The van der Waals surface area contributed by atoms with Gasteiger partial charge in [0.15, 0.2) is 0 Å². The Bertz CT molecular complexity index is 634. The molecule has 0 N–H and O–H groups in total. The summed E-state index contributed by atoms with van der Waals surface area (Å²) in [4.78, 5) is 39.3. The summed E-state index contributed by atoms with van der Waals surface area (Å²) in [5.41, 5.74) is -0.474. The Morgan fingerprint density at radius 1 is 1.10 bits per heavy atom. The van der Waals surface area contributed by atoms with Crippen molar-refractivity contribution >= 4 is 29.9 Å². The van der Waals surface area contributed by atoms with Crippen molar-refractivity contribution in [2.24, 2.45) is 0 Å². The standard InChI is InChI=1S/C20H34N2O6S/c1-19(2,3)27-16(23)11-14-12-22(18(25)28-20(4,5)6)10-9-15(14)29-13-26-17(24)21(7)8/h11,15H,9-10,12-13H2,1-8H3/b14-11-. The van der Waals surface area contributed by atoms with Crippen LogP contribution in [0.25, 0.3) is 0 Å². The Morgan fingerprint density at radius 3 is 2.21 bits per heavy atom. The molecule has 1 aliphatic heterocycles. The lowest BCUT2D eigenvalue weighted by atomic mass is 10.0. The van der Waals surface area contributed by atoms with E-state index in [1.807, 2.05) is 20.8 Å². The van der Waals surface area contributed by atoms with Crippen molar-refractivity contribution in [3.63, 3.8) is 0 Å². The van der Waals surface area contributed by atoms with E-state index >= 15 is 0 Å². The third-order valence-corrected chi connectivity index (χ3v) is 4.82. The molecule has 1 fully saturated rings. The number of likely N-dealkylation sites (tertiary alicyclic amines) is 1. The summed E-state index contributed by atoms with van der Waals surface area (Å²) in [5.74, 6) is -0.311. The molecule has 166 valence electrons. The van der Waals surface area contributed by atoms with E-state index in [0.29, 0.717) is 13.0 Å². The highest BCUT2D eigenvalue weighted by molar-refractivity contribution is 7.99. The van der Waals surface area contributed by atoms with Gasteiger partial charge in [-0.1, -0.05) is 0 Å². The maximum atomic E-state index is 12.4. The van der Waals surface area contributed by atoms with Crippen LogP contribution < -0.4 is 0 Å². The molecular weight excluding hydrogens is 396 g/mol. The van der Waals surface area contributed by atoms with Crippen molar-refractivity contribution in [3.05, 3.63) is 11.6 Å². The zero-order chi connectivity index (χ0) is 22.4. The highest BCUT2D eigenvalue weighted by atomic mass is 32.2. The second-order valence-corrected chi connectivity index (χ2v) is 10.2. The summed E-state index contributed by atoms with van der Waals surface area (Å²) in [5, 5.41) is -0.0730. The first-order valence-electron chi connectivity index (χ1n) is 9.55. The molecule has 0 spiro atoms. The molecular formula is C20H34N2O6S. The van der Waals surface area contributed by atoms with Crippen molar-refractivity contribution < 1.29 is 28.6 Å². The van der Waals surface area contributed by atoms with Crippen LogP contribution in [0.3, 0.4) is 0 Å². The van der Waals surface area contributed by atoms with Crippen LogP contribution in [0.2, 0.25) is 0 Å². The van der Waals surface area contributed by atoms with E-state index in [-0.39, 0.29) is 17.7 Å². The van der Waals surface area contributed by atoms with Gasteiger partial charge < -0.3 is 24.0 Å². The third-order valence-electron chi connectivity index (χ3n) is 3.63. The predicted molar refractivity (Wildman–Crippen MR) is 113 cm³/mol. The second-order valence-electron chi connectivity index (χ2n) is 9.02. The number of amides is 2. The molecule has 0 aromatic rings. The van der Waals surface area contributed by atoms with Gasteiger partial charge in [-0.2, -0.15) is 0 Å². The number of esters is 1. The van der Waals surface area contributed by atoms with Crippen molar-refractivity contribution in [2.75, 3.05) is 33.1 Å². The summed E-state index contributed by atoms with van der Waals surface area (Å²) in [7, 11) is 3.22. The minimum Gasteiger partial charge on any atom is -0.457 e. The molecule has 0 bridgehead atoms. The number of rotatable bonds is 4. The largest absolute Gasteiger partial charge is 0.457 e. The fourth-order valence-corrected chi connectivity index (χ4v) is 3.41. The average Bonchev–Trinajstić information content (AvgIpc) is 2.52. The van der Waals surface area contributed by atoms with Gasteiger partial charge in [-0.3, -0.25) is 0 Å². The third kappa shape index (κ3) is 9.92. The quantitative estimate of drug-likeness (QED) is 0.291. The van der Waals surface area contributed by atoms with Crippen LogP contribution >= 0.6 is 11.8 Å². The Kier molecular flexibility index (Phi) is 8.86. The Hall–Kier alpha value is -1.90. The zero-order valence-corrected chi connectivity index (χ0v) is 19.6. The van der Waals surface area contributed by atoms with Gasteiger partial charge in [0.1, 0.15) is 17.1 Å². The summed E-state index contributed by atoms with van der Waals surface area (Å²) in [6, 6.07) is 0. The molecule has 29 heavy (non-hydrogen) atoms. The van der Waals surface area contributed by atoms with Crippen LogP contribution in [0.1, 0.15) is 48.0 Å². The smallest absolute Gasteiger partial charge is 0.410 e. The Morgan fingerprint density at radius 2 is 1.69 bits per heavy atom. The number of carbonyl (C=O) groups is 3. The van der Waals surface area contributed by atoms with Crippen molar-refractivity contribution in [2.45, 2.75) is 64.4 Å². The molecule has 0 aromatic carbocycles. The average molecular weight is 431 g/mol. The summed E-state index contributed by atoms with van der Waals surface area (Å²) < 4.78 is 16.0. The van der Waals surface area contributed by atoms with Crippen LogP contribution in [-0.4, -0.2) is 77.5 Å². The fraction of sp³-hybridized carbons (Fsp3) is 0.750. The van der Waals surface area contributed by atoms with E-state index in [0.717, 1.165) is 5.57 Å². The SMILES string of the molecule is CN(C)C(=O)OCSC1CCN(C(=O)OC(C)(C)C)C/C1=C/C(=O)OC(C)(C)C. The molecule has 1 saturated heterocycles. The molecule has 0 saturated carbocycles. The van der Waals surface area contributed by atoms with Crippen molar-refractivity contribution in [3.8, 4) is 0 Å². The molecule has 8 nitrogen and oxygen atoms in total. The minimum atomic E-state index is -0.614. The number of thioether (sulfide) groups is 1. The highest BCUT2D eigenvalue weighted by Crippen LogP contribution is 2.29. The Labute approximate surface area is 177 Å². The lowest BCUT2D eigenvalue weighted by molar-refractivity contribution is -0.148. The van der Waals surface area contributed by atoms with Crippen molar-refractivity contribution in [1.29, 1.82) is 0 Å². The van der Waals surface area contributed by atoms with Crippen LogP contribution in [0, 0.1) is 0 Å². The lowest BCUT2D eigenvalue weighted by Gasteiger charge is -2.35. The van der Waals surface area contributed by atoms with E-state index in [4.69, 9.17) is 14.2 Å². The van der Waals surface area contributed by atoms with Gasteiger partial charge in [-0.15, -0.1) is 11.8 Å². The fourth-order valence-electron chi connectivity index (χ4n) is 2.45. The maximum absolute atomic E-state index is 12.4. The first kappa shape index (κ1) is 25.1. The normalized spacial score (nSPS) is 19.0. The number of hydrogen-bond acceptors (Lipinski definition) is 7. The van der Waals surface area contributed by atoms with Gasteiger partial charge in [0.2, 0.25) is 0 Å². The molecule has 0 radical (unpaired) electrons. The molecule has 0 aliphatic carbocycles. The number of piperidine rings is 1. The molecule has 1 rings (SSSR count). The van der Waals surface area contributed by atoms with Gasteiger partial charge in [-0.25, -0.2) is 14.4 Å². The minimum absolute atomic E-state index is 0.0730. The maximum Gasteiger partial charge on any atom is 0.410 e. The summed E-state index contributed by atoms with van der Waals surface area (Å²) in [6.45, 7) is 11.6. The van der Waals surface area contributed by atoms with E-state index in [2.05, 4.69) is 0 Å². The van der Waals surface area contributed by atoms with Crippen LogP contribution in [0.15, 0.2) is 11.6 Å². The highest BCUT2D eigenvalue weighted by Gasteiger charge is 2.31. The molecule has 1 unspecified atom stereocenters. The summed E-state index contributed by atoms with van der Waals surface area (Å²) in [6.07, 6.45) is 1.20. The number of ether oxygens (including phenoxy) is 3. The number of carbonyl (C=O) groups excluding carboxylic acids is 3. The predicted octanol–water partition coefficient (Wildman–Crippen LogP) is 3.65. The molecule has 1 atom stereocenters. The van der Waals surface area contributed by atoms with E-state index in [1.165, 1.54) is 22.7 Å². The molecule has 9 heteroatoms. The zero-order valence-electron chi connectivity index (χ0n) is 18.7. The monoisotopic (exact) mass is 430 g/mol. The van der Waals surface area contributed by atoms with Crippen LogP contribution in [-0.2, 0) is 19.0 Å².